The molecule has 1 amide bonds. The van der Waals surface area contributed by atoms with Crippen LogP contribution in [0.1, 0.15) is 15.9 Å². The molecule has 0 atom stereocenters. The number of hydrogen-bond donors (Lipinski definition) is 1. The highest BCUT2D eigenvalue weighted by molar-refractivity contribution is 6.29. The van der Waals surface area contributed by atoms with E-state index in [1.807, 2.05) is 30.3 Å². The number of nitrogens with zero attached hydrogens (tertiary/aromatic N) is 2. The first-order chi connectivity index (χ1) is 9.58. The molecule has 7 heteroatoms. The Kier molecular flexibility index (Phi) is 4.27. The second kappa shape index (κ2) is 6.12. The summed E-state index contributed by atoms with van der Waals surface area (Å²) in [4.78, 5) is 25.8. The Morgan fingerprint density at radius 3 is 2.70 bits per heavy atom. The smallest absolute Gasteiger partial charge is 0.300 e. The van der Waals surface area contributed by atoms with Crippen LogP contribution >= 0.6 is 11.6 Å². The fraction of sp³-hybridized carbons (Fsp3) is 0.0769. The number of nitro groups is 1. The first kappa shape index (κ1) is 14.0. The second-order valence-electron chi connectivity index (χ2n) is 3.95. The van der Waals surface area contributed by atoms with Crippen LogP contribution in [0.5, 0.6) is 0 Å². The predicted molar refractivity (Wildman–Crippen MR) is 73.5 cm³/mol. The summed E-state index contributed by atoms with van der Waals surface area (Å²) in [5.74, 6) is -0.565. The van der Waals surface area contributed by atoms with Gasteiger partial charge in [-0.25, -0.2) is 4.98 Å². The van der Waals surface area contributed by atoms with Gasteiger partial charge in [0.05, 0.1) is 4.92 Å². The maximum Gasteiger partial charge on any atom is 0.300 e. The molecule has 1 N–H and O–H groups in total. The Hall–Kier alpha value is -2.47. The molecule has 1 aromatic heterocycles. The van der Waals surface area contributed by atoms with Gasteiger partial charge in [-0.05, 0) is 11.6 Å². The molecule has 0 aliphatic heterocycles. The number of hydrogen-bond acceptors (Lipinski definition) is 4. The fourth-order valence-corrected chi connectivity index (χ4v) is 1.78. The van der Waals surface area contributed by atoms with E-state index in [1.165, 1.54) is 6.07 Å². The first-order valence-corrected chi connectivity index (χ1v) is 6.08. The summed E-state index contributed by atoms with van der Waals surface area (Å²) in [6.07, 6.45) is 0.972. The number of pyridine rings is 1. The number of benzene rings is 1. The zero-order chi connectivity index (χ0) is 14.5. The third-order valence-electron chi connectivity index (χ3n) is 2.59. The number of nitrogens with one attached hydrogen (secondary N) is 1. The fourth-order valence-electron chi connectivity index (χ4n) is 1.62. The summed E-state index contributed by atoms with van der Waals surface area (Å²) < 4.78 is 0. The average Bonchev–Trinajstić information content (AvgIpc) is 2.45. The van der Waals surface area contributed by atoms with E-state index < -0.39 is 10.8 Å². The molecule has 0 fully saturated rings. The SMILES string of the molecule is O=C(NCc1ccccc1)c1cc(Cl)ncc1[N+](=O)[O-]. The molecule has 20 heavy (non-hydrogen) atoms. The topological polar surface area (TPSA) is 85.1 Å². The van der Waals surface area contributed by atoms with Crippen molar-refractivity contribution in [1.82, 2.24) is 10.3 Å². The van der Waals surface area contributed by atoms with E-state index in [2.05, 4.69) is 10.3 Å². The van der Waals surface area contributed by atoms with Crippen LogP contribution in [0.15, 0.2) is 42.6 Å². The zero-order valence-corrected chi connectivity index (χ0v) is 11.0. The molecule has 0 aliphatic carbocycles. The van der Waals surface area contributed by atoms with Crippen LogP contribution in [0.2, 0.25) is 5.15 Å². The third-order valence-corrected chi connectivity index (χ3v) is 2.79. The molecule has 0 unspecified atom stereocenters. The van der Waals surface area contributed by atoms with Gasteiger partial charge in [-0.15, -0.1) is 0 Å². The van der Waals surface area contributed by atoms with Crippen molar-refractivity contribution in [2.45, 2.75) is 6.54 Å². The van der Waals surface area contributed by atoms with E-state index in [0.717, 1.165) is 11.8 Å². The maximum atomic E-state index is 12.0. The molecule has 0 saturated heterocycles. The van der Waals surface area contributed by atoms with Crippen LogP contribution < -0.4 is 5.32 Å². The Labute approximate surface area is 119 Å². The molecule has 2 rings (SSSR count). The lowest BCUT2D eigenvalue weighted by Gasteiger charge is -2.06. The summed E-state index contributed by atoms with van der Waals surface area (Å²) in [5, 5.41) is 13.5. The molecule has 0 aliphatic rings. The van der Waals surface area contributed by atoms with Crippen LogP contribution in [-0.4, -0.2) is 15.8 Å². The minimum absolute atomic E-state index is 0.0282. The van der Waals surface area contributed by atoms with Gasteiger partial charge in [0, 0.05) is 6.54 Å². The number of rotatable bonds is 4. The number of aromatic nitrogens is 1. The molecule has 0 bridgehead atoms. The van der Waals surface area contributed by atoms with E-state index in [9.17, 15) is 14.9 Å². The number of amides is 1. The van der Waals surface area contributed by atoms with Gasteiger partial charge in [0.2, 0.25) is 0 Å². The minimum Gasteiger partial charge on any atom is -0.348 e. The van der Waals surface area contributed by atoms with Gasteiger partial charge in [-0.1, -0.05) is 41.9 Å². The molecule has 2 aromatic rings. The lowest BCUT2D eigenvalue weighted by molar-refractivity contribution is -0.385. The standard InChI is InChI=1S/C13H10ClN3O3/c14-12-6-10(11(8-15-12)17(19)20)13(18)16-7-9-4-2-1-3-5-9/h1-6,8H,7H2,(H,16,18). The Morgan fingerprint density at radius 1 is 1.35 bits per heavy atom. The quantitative estimate of drug-likeness (QED) is 0.533. The van der Waals surface area contributed by atoms with Crippen LogP contribution in [0, 0.1) is 10.1 Å². The van der Waals surface area contributed by atoms with Crippen molar-refractivity contribution in [2.75, 3.05) is 0 Å². The van der Waals surface area contributed by atoms with Crippen molar-refractivity contribution in [1.29, 1.82) is 0 Å². The van der Waals surface area contributed by atoms with E-state index in [4.69, 9.17) is 11.6 Å². The molecule has 1 heterocycles. The van der Waals surface area contributed by atoms with E-state index in [1.54, 1.807) is 0 Å². The van der Waals surface area contributed by atoms with Crippen molar-refractivity contribution >= 4 is 23.2 Å². The molecule has 0 spiro atoms. The molecular formula is C13H10ClN3O3. The highest BCUT2D eigenvalue weighted by Crippen LogP contribution is 2.20. The Bertz CT molecular complexity index is 647. The Morgan fingerprint density at radius 2 is 2.05 bits per heavy atom. The van der Waals surface area contributed by atoms with Crippen molar-refractivity contribution in [3.8, 4) is 0 Å². The number of carbonyl (C=O) groups is 1. The monoisotopic (exact) mass is 291 g/mol. The number of halogens is 1. The maximum absolute atomic E-state index is 12.0. The third kappa shape index (κ3) is 3.30. The average molecular weight is 292 g/mol. The van der Waals surface area contributed by atoms with E-state index in [0.29, 0.717) is 0 Å². The van der Waals surface area contributed by atoms with E-state index >= 15 is 0 Å². The van der Waals surface area contributed by atoms with Crippen molar-refractivity contribution in [3.05, 3.63) is 69.0 Å². The molecule has 0 radical (unpaired) electrons. The summed E-state index contributed by atoms with van der Waals surface area (Å²) in [5.41, 5.74) is 0.412. The van der Waals surface area contributed by atoms with Crippen LogP contribution in [0.4, 0.5) is 5.69 Å². The van der Waals surface area contributed by atoms with Crippen LogP contribution in [0.25, 0.3) is 0 Å². The second-order valence-corrected chi connectivity index (χ2v) is 4.34. The summed E-state index contributed by atoms with van der Waals surface area (Å²) >= 11 is 5.67. The summed E-state index contributed by atoms with van der Waals surface area (Å²) in [7, 11) is 0. The molecule has 0 saturated carbocycles. The van der Waals surface area contributed by atoms with Crippen LogP contribution in [-0.2, 0) is 6.54 Å². The predicted octanol–water partition coefficient (Wildman–Crippen LogP) is 2.57. The van der Waals surface area contributed by atoms with Gasteiger partial charge < -0.3 is 5.32 Å². The van der Waals surface area contributed by atoms with Gasteiger partial charge in [0.15, 0.2) is 0 Å². The summed E-state index contributed by atoms with van der Waals surface area (Å²) in [6, 6.07) is 10.4. The minimum atomic E-state index is -0.666. The lowest BCUT2D eigenvalue weighted by atomic mass is 10.2. The largest absolute Gasteiger partial charge is 0.348 e. The highest BCUT2D eigenvalue weighted by Gasteiger charge is 2.21. The molecule has 1 aromatic carbocycles. The lowest BCUT2D eigenvalue weighted by Crippen LogP contribution is -2.23. The van der Waals surface area contributed by atoms with Crippen molar-refractivity contribution in [3.63, 3.8) is 0 Å². The van der Waals surface area contributed by atoms with E-state index in [-0.39, 0.29) is 22.9 Å². The van der Waals surface area contributed by atoms with Gasteiger partial charge >= 0.3 is 0 Å². The molecule has 6 nitrogen and oxygen atoms in total. The zero-order valence-electron chi connectivity index (χ0n) is 10.2. The molecular weight excluding hydrogens is 282 g/mol. The normalized spacial score (nSPS) is 10.1. The van der Waals surface area contributed by atoms with Gasteiger partial charge in [-0.3, -0.25) is 14.9 Å². The molecule has 102 valence electrons. The van der Waals surface area contributed by atoms with Gasteiger partial charge in [0.25, 0.3) is 11.6 Å². The van der Waals surface area contributed by atoms with Gasteiger partial charge in [-0.2, -0.15) is 0 Å². The first-order valence-electron chi connectivity index (χ1n) is 5.70. The Balaban J connectivity index is 2.17. The highest BCUT2D eigenvalue weighted by atomic mass is 35.5. The van der Waals surface area contributed by atoms with Gasteiger partial charge in [0.1, 0.15) is 16.9 Å². The van der Waals surface area contributed by atoms with Crippen molar-refractivity contribution in [2.24, 2.45) is 0 Å². The summed E-state index contributed by atoms with van der Waals surface area (Å²) in [6.45, 7) is 0.275. The number of carbonyl (C=O) groups excluding carboxylic acids is 1. The van der Waals surface area contributed by atoms with Crippen LogP contribution in [0.3, 0.4) is 0 Å². The van der Waals surface area contributed by atoms with Crippen molar-refractivity contribution < 1.29 is 9.72 Å².